The van der Waals surface area contributed by atoms with E-state index in [1.54, 1.807) is 32.4 Å². The van der Waals surface area contributed by atoms with Gasteiger partial charge in [0.05, 0.1) is 17.5 Å². The van der Waals surface area contributed by atoms with Gasteiger partial charge in [-0.1, -0.05) is 19.1 Å². The number of amides is 1. The van der Waals surface area contributed by atoms with Crippen molar-refractivity contribution in [2.24, 2.45) is 13.0 Å². The molecule has 0 spiro atoms. The summed E-state index contributed by atoms with van der Waals surface area (Å²) in [5.41, 5.74) is 1.08. The van der Waals surface area contributed by atoms with Crippen LogP contribution in [0.15, 0.2) is 42.7 Å². The highest BCUT2D eigenvalue weighted by Crippen LogP contribution is 2.52. The Labute approximate surface area is 202 Å². The minimum Gasteiger partial charge on any atom is -0.320 e. The molecule has 1 aliphatic carbocycles. The third-order valence-corrected chi connectivity index (χ3v) is 7.55. The number of hydrogen-bond acceptors (Lipinski definition) is 4. The molecule has 9 heteroatoms. The molecule has 0 saturated heterocycles. The summed E-state index contributed by atoms with van der Waals surface area (Å²) in [6.07, 6.45) is -1.10. The largest absolute Gasteiger partial charge is 0.416 e. The fraction of sp³-hybridized carbons (Fsp3) is 0.423. The Morgan fingerprint density at radius 2 is 1.94 bits per heavy atom. The zero-order chi connectivity index (χ0) is 25.1. The van der Waals surface area contributed by atoms with Crippen LogP contribution in [0.2, 0.25) is 0 Å². The van der Waals surface area contributed by atoms with Gasteiger partial charge in [-0.25, -0.2) is 0 Å². The number of aromatic nitrogens is 3. The van der Waals surface area contributed by atoms with Gasteiger partial charge >= 0.3 is 6.18 Å². The van der Waals surface area contributed by atoms with Crippen LogP contribution in [0.25, 0.3) is 0 Å². The molecule has 1 aromatic heterocycles. The van der Waals surface area contributed by atoms with Crippen LogP contribution in [0, 0.1) is 5.92 Å². The second-order valence-corrected chi connectivity index (χ2v) is 9.91. The van der Waals surface area contributed by atoms with Gasteiger partial charge in [0.15, 0.2) is 0 Å². The molecule has 184 valence electrons. The summed E-state index contributed by atoms with van der Waals surface area (Å²) < 4.78 is 43.9. The smallest absolute Gasteiger partial charge is 0.320 e. The molecule has 2 aromatic carbocycles. The fourth-order valence-corrected chi connectivity index (χ4v) is 5.67. The van der Waals surface area contributed by atoms with Crippen molar-refractivity contribution in [1.29, 1.82) is 0 Å². The van der Waals surface area contributed by atoms with E-state index in [2.05, 4.69) is 22.4 Å². The van der Waals surface area contributed by atoms with Gasteiger partial charge in [-0.3, -0.25) is 4.79 Å². The van der Waals surface area contributed by atoms with Crippen molar-refractivity contribution >= 4 is 11.6 Å². The number of hydrogen-bond donors (Lipinski definition) is 1. The minimum absolute atomic E-state index is 0.0280. The van der Waals surface area contributed by atoms with Gasteiger partial charge in [0, 0.05) is 24.3 Å². The number of carbonyl (C=O) groups excluding carboxylic acids is 1. The van der Waals surface area contributed by atoms with Gasteiger partial charge in [-0.05, 0) is 73.7 Å². The molecule has 0 unspecified atom stereocenters. The maximum atomic E-state index is 14.0. The number of nitrogens with one attached hydrogen (secondary N) is 1. The number of carbonyl (C=O) groups is 1. The Hall–Kier alpha value is -3.20. The number of benzene rings is 2. The van der Waals surface area contributed by atoms with Crippen LogP contribution in [0.3, 0.4) is 0 Å². The lowest BCUT2D eigenvalue weighted by Gasteiger charge is -2.46. The molecule has 5 rings (SSSR count). The highest BCUT2D eigenvalue weighted by atomic mass is 19.4. The average molecular weight is 484 g/mol. The fourth-order valence-electron chi connectivity index (χ4n) is 5.67. The molecule has 3 aromatic rings. The van der Waals surface area contributed by atoms with E-state index >= 15 is 0 Å². The number of anilines is 1. The summed E-state index contributed by atoms with van der Waals surface area (Å²) in [6.45, 7) is 3.84. The van der Waals surface area contributed by atoms with Crippen LogP contribution in [-0.4, -0.2) is 27.7 Å². The van der Waals surface area contributed by atoms with E-state index in [1.807, 2.05) is 29.8 Å². The van der Waals surface area contributed by atoms with Crippen LogP contribution in [0.4, 0.5) is 18.9 Å². The second-order valence-electron chi connectivity index (χ2n) is 9.91. The molecule has 2 heterocycles. The third kappa shape index (κ3) is 3.73. The Bertz CT molecular complexity index is 1290. The van der Waals surface area contributed by atoms with Crippen LogP contribution in [0.1, 0.15) is 71.2 Å². The number of nitrogens with zero attached hydrogens (tertiary/aromatic N) is 4. The van der Waals surface area contributed by atoms with Crippen molar-refractivity contribution in [2.45, 2.75) is 50.9 Å². The number of alkyl halides is 3. The number of halogens is 3. The molecule has 35 heavy (non-hydrogen) atoms. The highest BCUT2D eigenvalue weighted by Gasteiger charge is 2.48. The Morgan fingerprint density at radius 1 is 1.20 bits per heavy atom. The SMILES string of the molecule is CN[C@@H](C)c1cc2c(c(C(F)(F)F)c1)CN(c1cccc(C3(c4nncn4C)CC(C)C3)c1)C2=O. The average Bonchev–Trinajstić information content (AvgIpc) is 3.38. The molecule has 1 saturated carbocycles. The van der Waals surface area contributed by atoms with Gasteiger partial charge in [-0.2, -0.15) is 13.2 Å². The van der Waals surface area contributed by atoms with Crippen molar-refractivity contribution in [1.82, 2.24) is 20.1 Å². The van der Waals surface area contributed by atoms with E-state index in [4.69, 9.17) is 0 Å². The topological polar surface area (TPSA) is 63.0 Å². The standard InChI is InChI=1S/C26H28F3N5O/c1-15-11-25(12-15,24-32-31-14-33(24)4)18-6-5-7-19(10-18)34-13-21-20(23(34)35)8-17(16(2)30-3)9-22(21)26(27,28)29/h5-10,14-16,30H,11-13H2,1-4H3/t15?,16-,25?/m0/s1. The number of aryl methyl sites for hydroxylation is 1. The summed E-state index contributed by atoms with van der Waals surface area (Å²) in [7, 11) is 3.59. The maximum Gasteiger partial charge on any atom is 0.416 e. The lowest BCUT2D eigenvalue weighted by Crippen LogP contribution is -2.43. The van der Waals surface area contributed by atoms with Crippen LogP contribution >= 0.6 is 0 Å². The molecule has 0 radical (unpaired) electrons. The van der Waals surface area contributed by atoms with Gasteiger partial charge in [0.25, 0.3) is 5.91 Å². The van der Waals surface area contributed by atoms with E-state index in [1.165, 1.54) is 4.90 Å². The van der Waals surface area contributed by atoms with Crippen molar-refractivity contribution in [2.75, 3.05) is 11.9 Å². The molecular weight excluding hydrogens is 455 g/mol. The zero-order valence-corrected chi connectivity index (χ0v) is 20.1. The second kappa shape index (κ2) is 8.19. The molecule has 6 nitrogen and oxygen atoms in total. The van der Waals surface area contributed by atoms with Crippen LogP contribution in [-0.2, 0) is 25.2 Å². The Balaban J connectivity index is 1.56. The first-order chi connectivity index (χ1) is 16.5. The summed E-state index contributed by atoms with van der Waals surface area (Å²) in [6, 6.07) is 10.0. The van der Waals surface area contributed by atoms with Gasteiger partial charge in [-0.15, -0.1) is 10.2 Å². The van der Waals surface area contributed by atoms with Crippen LogP contribution in [0.5, 0.6) is 0 Å². The van der Waals surface area contributed by atoms with Crippen molar-refractivity contribution < 1.29 is 18.0 Å². The maximum absolute atomic E-state index is 14.0. The molecule has 2 aliphatic rings. The monoisotopic (exact) mass is 483 g/mol. The molecular formula is C26H28F3N5O. The van der Waals surface area contributed by atoms with Crippen LogP contribution < -0.4 is 10.2 Å². The van der Waals surface area contributed by atoms with Crippen molar-refractivity contribution in [3.63, 3.8) is 0 Å². The molecule has 1 aliphatic heterocycles. The predicted octanol–water partition coefficient (Wildman–Crippen LogP) is 4.99. The molecule has 1 atom stereocenters. The molecule has 1 amide bonds. The summed E-state index contributed by atoms with van der Waals surface area (Å²) in [4.78, 5) is 14.9. The van der Waals surface area contributed by atoms with Crippen molar-refractivity contribution in [3.05, 3.63) is 76.4 Å². The van der Waals surface area contributed by atoms with E-state index in [0.29, 0.717) is 17.2 Å². The van der Waals surface area contributed by atoms with E-state index in [9.17, 15) is 18.0 Å². The normalized spacial score (nSPS) is 22.8. The molecule has 1 N–H and O–H groups in total. The lowest BCUT2D eigenvalue weighted by molar-refractivity contribution is -0.138. The Kier molecular flexibility index (Phi) is 5.51. The van der Waals surface area contributed by atoms with E-state index < -0.39 is 17.6 Å². The number of fused-ring (bicyclic) bond motifs is 1. The summed E-state index contributed by atoms with van der Waals surface area (Å²) in [5, 5.41) is 11.4. The summed E-state index contributed by atoms with van der Waals surface area (Å²) >= 11 is 0. The predicted molar refractivity (Wildman–Crippen MR) is 126 cm³/mol. The number of rotatable bonds is 5. The molecule has 0 bridgehead atoms. The lowest BCUT2D eigenvalue weighted by atomic mass is 9.58. The van der Waals surface area contributed by atoms with Gasteiger partial charge in [0.2, 0.25) is 0 Å². The van der Waals surface area contributed by atoms with Gasteiger partial charge in [0.1, 0.15) is 12.2 Å². The van der Waals surface area contributed by atoms with E-state index in [0.717, 1.165) is 30.3 Å². The third-order valence-electron chi connectivity index (χ3n) is 7.55. The Morgan fingerprint density at radius 3 is 2.54 bits per heavy atom. The van der Waals surface area contributed by atoms with Crippen molar-refractivity contribution in [3.8, 4) is 0 Å². The first kappa shape index (κ1) is 23.5. The first-order valence-electron chi connectivity index (χ1n) is 11.7. The minimum atomic E-state index is -4.55. The highest BCUT2D eigenvalue weighted by molar-refractivity contribution is 6.10. The van der Waals surface area contributed by atoms with Gasteiger partial charge < -0.3 is 14.8 Å². The summed E-state index contributed by atoms with van der Waals surface area (Å²) in [5.74, 6) is 0.950. The molecule has 1 fully saturated rings. The zero-order valence-electron chi connectivity index (χ0n) is 20.1. The first-order valence-corrected chi connectivity index (χ1v) is 11.7. The quantitative estimate of drug-likeness (QED) is 0.555. The van der Waals surface area contributed by atoms with E-state index in [-0.39, 0.29) is 29.1 Å².